The number of nitrogens with zero attached hydrogens (tertiary/aromatic N) is 2. The van der Waals surface area contributed by atoms with Gasteiger partial charge in [-0.25, -0.2) is 0 Å². The lowest BCUT2D eigenvalue weighted by Gasteiger charge is -2.23. The van der Waals surface area contributed by atoms with Gasteiger partial charge in [-0.15, -0.1) is 0 Å². The molecule has 4 nitrogen and oxygen atoms in total. The second-order valence-corrected chi connectivity index (χ2v) is 7.25. The van der Waals surface area contributed by atoms with Gasteiger partial charge in [0.1, 0.15) is 0 Å². The predicted molar refractivity (Wildman–Crippen MR) is 111 cm³/mol. The first-order valence-corrected chi connectivity index (χ1v) is 9.94. The highest BCUT2D eigenvalue weighted by Crippen LogP contribution is 2.20. The monoisotopic (exact) mass is 360 g/mol. The fourth-order valence-electron chi connectivity index (χ4n) is 3.75. The second-order valence-electron chi connectivity index (χ2n) is 7.25. The molecular weight excluding hydrogens is 332 g/mol. The average Bonchev–Trinajstić information content (AvgIpc) is 2.71. The van der Waals surface area contributed by atoms with Crippen molar-refractivity contribution in [2.75, 3.05) is 26.2 Å². The number of fused-ring (bicyclic) bond motifs is 3. The van der Waals surface area contributed by atoms with E-state index in [1.54, 1.807) is 0 Å². The summed E-state index contributed by atoms with van der Waals surface area (Å²) in [5.74, 6) is 0. The highest BCUT2D eigenvalue weighted by Gasteiger charge is 2.11. The smallest absolute Gasteiger partial charge is 0.0548 e. The molecule has 2 N–H and O–H groups in total. The van der Waals surface area contributed by atoms with Gasteiger partial charge in [-0.05, 0) is 48.0 Å². The third-order valence-electron chi connectivity index (χ3n) is 5.14. The Labute approximate surface area is 161 Å². The van der Waals surface area contributed by atoms with Crippen LogP contribution in [0.25, 0.3) is 10.8 Å². The highest BCUT2D eigenvalue weighted by molar-refractivity contribution is 5.85. The van der Waals surface area contributed by atoms with Crippen molar-refractivity contribution in [2.45, 2.75) is 26.1 Å². The van der Waals surface area contributed by atoms with Crippen LogP contribution in [0, 0.1) is 0 Å². The van der Waals surface area contributed by atoms with E-state index in [1.807, 2.05) is 0 Å². The van der Waals surface area contributed by atoms with E-state index in [1.165, 1.54) is 16.3 Å². The summed E-state index contributed by atoms with van der Waals surface area (Å²) in [5, 5.41) is 9.73. The Morgan fingerprint density at radius 3 is 2.63 bits per heavy atom. The van der Waals surface area contributed by atoms with Crippen LogP contribution in [-0.2, 0) is 19.6 Å². The summed E-state index contributed by atoms with van der Waals surface area (Å²) >= 11 is 0. The van der Waals surface area contributed by atoms with Crippen LogP contribution in [-0.4, -0.2) is 36.1 Å². The molecule has 0 aliphatic carbocycles. The fraction of sp³-hybridized carbons (Fsp3) is 0.348. The maximum Gasteiger partial charge on any atom is 0.0548 e. The molecule has 27 heavy (non-hydrogen) atoms. The first-order chi connectivity index (χ1) is 13.4. The van der Waals surface area contributed by atoms with Crippen molar-refractivity contribution >= 4 is 10.8 Å². The van der Waals surface area contributed by atoms with Gasteiger partial charge in [0.25, 0.3) is 0 Å². The minimum absolute atomic E-state index is 0.844. The highest BCUT2D eigenvalue weighted by atomic mass is 15.1. The molecule has 2 heterocycles. The zero-order chi connectivity index (χ0) is 18.3. The largest absolute Gasteiger partial charge is 0.315 e. The molecule has 1 aliphatic heterocycles. The predicted octanol–water partition coefficient (Wildman–Crippen LogP) is 3.32. The first kappa shape index (κ1) is 18.1. The molecule has 4 rings (SSSR count). The number of benzene rings is 2. The summed E-state index contributed by atoms with van der Waals surface area (Å²) in [7, 11) is 0. The van der Waals surface area contributed by atoms with Gasteiger partial charge in [0, 0.05) is 32.7 Å². The van der Waals surface area contributed by atoms with Crippen LogP contribution >= 0.6 is 0 Å². The molecule has 2 bridgehead atoms. The van der Waals surface area contributed by atoms with Gasteiger partial charge in [-0.2, -0.15) is 0 Å². The van der Waals surface area contributed by atoms with E-state index in [0.29, 0.717) is 0 Å². The van der Waals surface area contributed by atoms with E-state index in [9.17, 15) is 0 Å². The van der Waals surface area contributed by atoms with Crippen molar-refractivity contribution in [3.8, 4) is 0 Å². The summed E-state index contributed by atoms with van der Waals surface area (Å²) in [4.78, 5) is 7.37. The molecule has 140 valence electrons. The molecule has 0 saturated heterocycles. The van der Waals surface area contributed by atoms with Gasteiger partial charge in [0.2, 0.25) is 0 Å². The van der Waals surface area contributed by atoms with Crippen molar-refractivity contribution in [3.63, 3.8) is 0 Å². The van der Waals surface area contributed by atoms with Gasteiger partial charge in [-0.1, -0.05) is 48.5 Å². The molecular formula is C23H28N4. The molecule has 0 saturated carbocycles. The number of hydrogen-bond donors (Lipinski definition) is 2. The van der Waals surface area contributed by atoms with Crippen LogP contribution < -0.4 is 10.6 Å². The molecule has 0 fully saturated rings. The van der Waals surface area contributed by atoms with E-state index in [-0.39, 0.29) is 0 Å². The Hall–Kier alpha value is -2.27. The van der Waals surface area contributed by atoms with Gasteiger partial charge >= 0.3 is 0 Å². The van der Waals surface area contributed by atoms with Crippen LogP contribution in [0.5, 0.6) is 0 Å². The van der Waals surface area contributed by atoms with Crippen molar-refractivity contribution in [2.24, 2.45) is 0 Å². The van der Waals surface area contributed by atoms with Gasteiger partial charge < -0.3 is 10.6 Å². The molecule has 3 aromatic rings. The molecule has 0 atom stereocenters. The first-order valence-electron chi connectivity index (χ1n) is 9.94. The van der Waals surface area contributed by atoms with Crippen LogP contribution in [0.15, 0.2) is 60.7 Å². The lowest BCUT2D eigenvalue weighted by molar-refractivity contribution is 0.254. The number of hydrogen-bond acceptors (Lipinski definition) is 4. The summed E-state index contributed by atoms with van der Waals surface area (Å²) in [6.45, 7) is 6.76. The summed E-state index contributed by atoms with van der Waals surface area (Å²) in [5.41, 5.74) is 3.66. The molecule has 0 amide bonds. The minimum Gasteiger partial charge on any atom is -0.315 e. The molecule has 0 spiro atoms. The average molecular weight is 361 g/mol. The van der Waals surface area contributed by atoms with Crippen molar-refractivity contribution in [1.82, 2.24) is 20.5 Å². The third-order valence-corrected chi connectivity index (χ3v) is 5.14. The lowest BCUT2D eigenvalue weighted by atomic mass is 10.0. The second kappa shape index (κ2) is 9.09. The van der Waals surface area contributed by atoms with Gasteiger partial charge in [0.15, 0.2) is 0 Å². The standard InChI is InChI=1S/C23H28N4/c1-2-11-23-19(6-1)7-3-8-20(23)17-27-15-14-24-12-5-13-25-16-21-9-4-10-22(18-27)26-21/h1-4,6-11,24-25H,5,12-18H2. The molecule has 1 aliphatic rings. The zero-order valence-corrected chi connectivity index (χ0v) is 15.8. The van der Waals surface area contributed by atoms with Gasteiger partial charge in [-0.3, -0.25) is 9.88 Å². The Bertz CT molecular complexity index is 872. The Kier molecular flexibility index (Phi) is 6.10. The van der Waals surface area contributed by atoms with E-state index in [4.69, 9.17) is 4.98 Å². The zero-order valence-electron chi connectivity index (χ0n) is 15.8. The lowest BCUT2D eigenvalue weighted by Crippen LogP contribution is -2.32. The maximum atomic E-state index is 4.87. The minimum atomic E-state index is 0.844. The summed E-state index contributed by atoms with van der Waals surface area (Å²) < 4.78 is 0. The molecule has 1 aromatic heterocycles. The van der Waals surface area contributed by atoms with E-state index < -0.39 is 0 Å². The van der Waals surface area contributed by atoms with Crippen molar-refractivity contribution in [3.05, 3.63) is 77.6 Å². The third kappa shape index (κ3) is 4.92. The van der Waals surface area contributed by atoms with E-state index in [0.717, 1.165) is 63.6 Å². The van der Waals surface area contributed by atoms with Crippen molar-refractivity contribution in [1.29, 1.82) is 0 Å². The van der Waals surface area contributed by atoms with Crippen LogP contribution in [0.4, 0.5) is 0 Å². The molecule has 0 radical (unpaired) electrons. The Morgan fingerprint density at radius 1 is 0.815 bits per heavy atom. The fourth-order valence-corrected chi connectivity index (χ4v) is 3.75. The Balaban J connectivity index is 1.57. The maximum absolute atomic E-state index is 4.87. The topological polar surface area (TPSA) is 40.2 Å². The quantitative estimate of drug-likeness (QED) is 0.736. The molecule has 2 aromatic carbocycles. The molecule has 0 unspecified atom stereocenters. The van der Waals surface area contributed by atoms with Gasteiger partial charge in [0.05, 0.1) is 11.4 Å². The Morgan fingerprint density at radius 2 is 1.63 bits per heavy atom. The van der Waals surface area contributed by atoms with E-state index in [2.05, 4.69) is 76.2 Å². The van der Waals surface area contributed by atoms with Crippen molar-refractivity contribution < 1.29 is 0 Å². The van der Waals surface area contributed by atoms with Crippen LogP contribution in [0.1, 0.15) is 23.4 Å². The normalized spacial score (nSPS) is 17.0. The summed E-state index contributed by atoms with van der Waals surface area (Å²) in [6.07, 6.45) is 1.14. The number of pyridine rings is 1. The molecule has 4 heteroatoms. The van der Waals surface area contributed by atoms with Crippen LogP contribution in [0.3, 0.4) is 0 Å². The number of rotatable bonds is 2. The van der Waals surface area contributed by atoms with E-state index >= 15 is 0 Å². The number of aromatic nitrogens is 1. The van der Waals surface area contributed by atoms with Crippen LogP contribution in [0.2, 0.25) is 0 Å². The summed E-state index contributed by atoms with van der Waals surface area (Å²) in [6, 6.07) is 21.7. The number of nitrogens with one attached hydrogen (secondary N) is 2. The SMILES string of the molecule is c1cc2nc(c1)CN(Cc1cccc3ccccc13)CCNCCCNC2.